The minimum atomic E-state index is 0.0791. The van der Waals surface area contributed by atoms with Crippen LogP contribution in [0, 0.1) is 5.92 Å². The van der Waals surface area contributed by atoms with E-state index in [0.29, 0.717) is 30.5 Å². The van der Waals surface area contributed by atoms with E-state index in [4.69, 9.17) is 9.47 Å². The summed E-state index contributed by atoms with van der Waals surface area (Å²) in [6, 6.07) is 11.3. The molecule has 0 unspecified atom stereocenters. The lowest BCUT2D eigenvalue weighted by Crippen LogP contribution is -2.37. The first-order valence-electron chi connectivity index (χ1n) is 9.60. The first-order chi connectivity index (χ1) is 13.3. The number of hydrogen-bond donors (Lipinski definition) is 2. The van der Waals surface area contributed by atoms with Gasteiger partial charge < -0.3 is 20.1 Å². The molecule has 1 aromatic heterocycles. The number of amides is 1. The summed E-state index contributed by atoms with van der Waals surface area (Å²) in [4.78, 5) is 16.7. The van der Waals surface area contributed by atoms with Crippen molar-refractivity contribution in [3.05, 3.63) is 48.2 Å². The number of nitrogens with zero attached hydrogens (tertiary/aromatic N) is 1. The summed E-state index contributed by atoms with van der Waals surface area (Å²) < 4.78 is 11.8. The molecule has 0 atom stereocenters. The molecule has 1 aromatic carbocycles. The van der Waals surface area contributed by atoms with E-state index in [1.165, 1.54) is 0 Å². The van der Waals surface area contributed by atoms with E-state index in [-0.39, 0.29) is 11.8 Å². The molecular weight excluding hydrogens is 342 g/mol. The van der Waals surface area contributed by atoms with Gasteiger partial charge in [0.2, 0.25) is 11.8 Å². The summed E-state index contributed by atoms with van der Waals surface area (Å²) in [5, 5.41) is 6.30. The molecule has 27 heavy (non-hydrogen) atoms. The van der Waals surface area contributed by atoms with E-state index in [9.17, 15) is 4.79 Å². The number of rotatable bonds is 8. The fraction of sp³-hybridized carbons (Fsp3) is 0.429. The zero-order valence-corrected chi connectivity index (χ0v) is 15.7. The highest BCUT2D eigenvalue weighted by molar-refractivity contribution is 5.78. The SMILES string of the molecule is CCCOc1ccccc1Oc1ncccc1CNC(=O)C1CCNCC1. The molecule has 0 radical (unpaired) electrons. The number of pyridine rings is 1. The molecule has 1 aliphatic heterocycles. The van der Waals surface area contributed by atoms with E-state index in [1.807, 2.05) is 36.4 Å². The number of carbonyl (C=O) groups excluding carboxylic acids is 1. The van der Waals surface area contributed by atoms with Gasteiger partial charge in [-0.15, -0.1) is 0 Å². The van der Waals surface area contributed by atoms with Gasteiger partial charge in [-0.1, -0.05) is 25.1 Å². The van der Waals surface area contributed by atoms with Crippen LogP contribution in [0.1, 0.15) is 31.7 Å². The second-order valence-corrected chi connectivity index (χ2v) is 6.61. The first-order valence-corrected chi connectivity index (χ1v) is 9.60. The average Bonchev–Trinajstić information content (AvgIpc) is 2.73. The number of piperidine rings is 1. The lowest BCUT2D eigenvalue weighted by atomic mass is 9.97. The van der Waals surface area contributed by atoms with Crippen LogP contribution in [0.4, 0.5) is 0 Å². The molecule has 144 valence electrons. The van der Waals surface area contributed by atoms with Crippen LogP contribution in [0.25, 0.3) is 0 Å². The van der Waals surface area contributed by atoms with Crippen molar-refractivity contribution >= 4 is 5.91 Å². The first kappa shape index (κ1) is 19.2. The van der Waals surface area contributed by atoms with Crippen molar-refractivity contribution in [2.45, 2.75) is 32.7 Å². The average molecular weight is 369 g/mol. The fourth-order valence-corrected chi connectivity index (χ4v) is 3.03. The zero-order valence-electron chi connectivity index (χ0n) is 15.7. The normalized spacial score (nSPS) is 14.6. The Kier molecular flexibility index (Phi) is 7.04. The Morgan fingerprint density at radius 2 is 1.96 bits per heavy atom. The Morgan fingerprint density at radius 1 is 1.19 bits per heavy atom. The highest BCUT2D eigenvalue weighted by Gasteiger charge is 2.21. The predicted molar refractivity (Wildman–Crippen MR) is 104 cm³/mol. The van der Waals surface area contributed by atoms with Crippen molar-refractivity contribution in [1.29, 1.82) is 0 Å². The summed E-state index contributed by atoms with van der Waals surface area (Å²) in [5.74, 6) is 1.97. The van der Waals surface area contributed by atoms with Crippen molar-refractivity contribution in [3.63, 3.8) is 0 Å². The van der Waals surface area contributed by atoms with E-state index in [0.717, 1.165) is 37.9 Å². The number of ether oxygens (including phenoxy) is 2. The summed E-state index contributed by atoms with van der Waals surface area (Å²) in [6.07, 6.45) is 4.36. The van der Waals surface area contributed by atoms with Crippen molar-refractivity contribution in [2.75, 3.05) is 19.7 Å². The summed E-state index contributed by atoms with van der Waals surface area (Å²) in [7, 11) is 0. The van der Waals surface area contributed by atoms with Crippen LogP contribution >= 0.6 is 0 Å². The fourth-order valence-electron chi connectivity index (χ4n) is 3.03. The van der Waals surface area contributed by atoms with E-state index < -0.39 is 0 Å². The lowest BCUT2D eigenvalue weighted by molar-refractivity contribution is -0.125. The molecule has 0 bridgehead atoms. The molecule has 0 aliphatic carbocycles. The maximum atomic E-state index is 12.4. The Morgan fingerprint density at radius 3 is 2.74 bits per heavy atom. The Hall–Kier alpha value is -2.60. The van der Waals surface area contributed by atoms with Gasteiger partial charge in [0.1, 0.15) is 0 Å². The number of hydrogen-bond acceptors (Lipinski definition) is 5. The molecule has 1 saturated heterocycles. The Balaban J connectivity index is 1.66. The topological polar surface area (TPSA) is 72.5 Å². The van der Waals surface area contributed by atoms with Crippen LogP contribution in [-0.2, 0) is 11.3 Å². The maximum absolute atomic E-state index is 12.4. The van der Waals surface area contributed by atoms with Gasteiger partial charge in [0, 0.05) is 24.2 Å². The summed E-state index contributed by atoms with van der Waals surface area (Å²) in [6.45, 7) is 4.87. The Bertz CT molecular complexity index is 745. The van der Waals surface area contributed by atoms with Gasteiger partial charge in [0.15, 0.2) is 11.5 Å². The molecule has 1 amide bonds. The third-order valence-electron chi connectivity index (χ3n) is 4.53. The molecule has 3 rings (SSSR count). The zero-order chi connectivity index (χ0) is 18.9. The molecule has 0 spiro atoms. The predicted octanol–water partition coefficient (Wildman–Crippen LogP) is 3.28. The highest BCUT2D eigenvalue weighted by atomic mass is 16.5. The maximum Gasteiger partial charge on any atom is 0.224 e. The number of carbonyl (C=O) groups is 1. The Labute approximate surface area is 160 Å². The van der Waals surface area contributed by atoms with Crippen molar-refractivity contribution in [2.24, 2.45) is 5.92 Å². The summed E-state index contributed by atoms with van der Waals surface area (Å²) in [5.41, 5.74) is 0.838. The van der Waals surface area contributed by atoms with Crippen molar-refractivity contribution in [1.82, 2.24) is 15.6 Å². The van der Waals surface area contributed by atoms with Gasteiger partial charge in [0.05, 0.1) is 6.61 Å². The molecule has 2 N–H and O–H groups in total. The van der Waals surface area contributed by atoms with Crippen LogP contribution in [0.2, 0.25) is 0 Å². The summed E-state index contributed by atoms with van der Waals surface area (Å²) >= 11 is 0. The van der Waals surface area contributed by atoms with E-state index in [2.05, 4.69) is 22.5 Å². The van der Waals surface area contributed by atoms with Crippen molar-refractivity contribution < 1.29 is 14.3 Å². The molecule has 2 aromatic rings. The van der Waals surface area contributed by atoms with Gasteiger partial charge >= 0.3 is 0 Å². The number of nitrogens with one attached hydrogen (secondary N) is 2. The number of aromatic nitrogens is 1. The smallest absolute Gasteiger partial charge is 0.224 e. The van der Waals surface area contributed by atoms with E-state index in [1.54, 1.807) is 6.20 Å². The second kappa shape index (κ2) is 9.92. The van der Waals surface area contributed by atoms with Crippen LogP contribution in [0.3, 0.4) is 0 Å². The van der Waals surface area contributed by atoms with Crippen LogP contribution in [0.5, 0.6) is 17.4 Å². The molecule has 1 fully saturated rings. The van der Waals surface area contributed by atoms with Gasteiger partial charge in [-0.2, -0.15) is 0 Å². The molecule has 6 heteroatoms. The van der Waals surface area contributed by atoms with Gasteiger partial charge in [-0.25, -0.2) is 4.98 Å². The minimum Gasteiger partial charge on any atom is -0.490 e. The molecule has 6 nitrogen and oxygen atoms in total. The number of para-hydroxylation sites is 2. The van der Waals surface area contributed by atoms with E-state index >= 15 is 0 Å². The quantitative estimate of drug-likeness (QED) is 0.747. The van der Waals surface area contributed by atoms with Gasteiger partial charge in [-0.05, 0) is 50.6 Å². The minimum absolute atomic E-state index is 0.0791. The lowest BCUT2D eigenvalue weighted by Gasteiger charge is -2.22. The van der Waals surface area contributed by atoms with Gasteiger partial charge in [-0.3, -0.25) is 4.79 Å². The standard InChI is InChI=1S/C21H27N3O3/c1-2-14-26-18-7-3-4-8-19(18)27-21-17(6-5-11-23-21)15-24-20(25)16-9-12-22-13-10-16/h3-8,11,16,22H,2,9-10,12-15H2,1H3,(H,24,25). The number of benzene rings is 1. The van der Waals surface area contributed by atoms with Crippen LogP contribution < -0.4 is 20.1 Å². The molecule has 1 aliphatic rings. The van der Waals surface area contributed by atoms with Gasteiger partial charge in [0.25, 0.3) is 0 Å². The van der Waals surface area contributed by atoms with Crippen molar-refractivity contribution in [3.8, 4) is 17.4 Å². The van der Waals surface area contributed by atoms with Crippen LogP contribution in [-0.4, -0.2) is 30.6 Å². The van der Waals surface area contributed by atoms with Crippen LogP contribution in [0.15, 0.2) is 42.6 Å². The molecule has 0 saturated carbocycles. The third kappa shape index (κ3) is 5.44. The molecular formula is C21H27N3O3. The largest absolute Gasteiger partial charge is 0.490 e. The molecule has 2 heterocycles. The monoisotopic (exact) mass is 369 g/mol. The second-order valence-electron chi connectivity index (χ2n) is 6.61. The third-order valence-corrected chi connectivity index (χ3v) is 4.53. The highest BCUT2D eigenvalue weighted by Crippen LogP contribution is 2.32.